The molecule has 2 aliphatic heterocycles. The van der Waals surface area contributed by atoms with Crippen LogP contribution in [0.4, 0.5) is 43.7 Å². The lowest BCUT2D eigenvalue weighted by Gasteiger charge is -2.30. The van der Waals surface area contributed by atoms with E-state index < -0.39 is 11.6 Å². The van der Waals surface area contributed by atoms with Gasteiger partial charge in [-0.25, -0.2) is 29.9 Å². The van der Waals surface area contributed by atoms with Gasteiger partial charge in [-0.15, -0.1) is 0 Å². The summed E-state index contributed by atoms with van der Waals surface area (Å²) in [4.78, 5) is 46.6. The topological polar surface area (TPSA) is 169 Å². The summed E-state index contributed by atoms with van der Waals surface area (Å²) < 4.78 is 36.2. The number of benzene rings is 1. The van der Waals surface area contributed by atoms with Crippen LogP contribution in [0.15, 0.2) is 110 Å². The predicted molar refractivity (Wildman–Crippen MR) is 215 cm³/mol. The second-order valence-corrected chi connectivity index (χ2v) is 13.3. The highest BCUT2D eigenvalue weighted by atomic mass is 19.1. The Hall–Kier alpha value is -7.14. The number of aromatic nitrogens is 10. The van der Waals surface area contributed by atoms with E-state index in [1.54, 1.807) is 44.0 Å². The van der Waals surface area contributed by atoms with Crippen LogP contribution < -0.4 is 20.4 Å². The Labute approximate surface area is 332 Å². The van der Waals surface area contributed by atoms with E-state index in [4.69, 9.17) is 4.74 Å². The van der Waals surface area contributed by atoms with E-state index in [2.05, 4.69) is 72.6 Å². The second kappa shape index (κ2) is 17.8. The van der Waals surface area contributed by atoms with Crippen molar-refractivity contribution in [3.8, 4) is 23.0 Å². The highest BCUT2D eigenvalue weighted by molar-refractivity contribution is 5.65. The zero-order valence-corrected chi connectivity index (χ0v) is 31.5. The van der Waals surface area contributed by atoms with Crippen molar-refractivity contribution in [3.05, 3.63) is 133 Å². The minimum absolute atomic E-state index is 0.0363. The van der Waals surface area contributed by atoms with Gasteiger partial charge < -0.3 is 25.2 Å². The Morgan fingerprint density at radius 1 is 0.655 bits per heavy atom. The molecule has 0 bridgehead atoms. The zero-order valence-electron chi connectivity index (χ0n) is 31.5. The number of pyridine rings is 2. The lowest BCUT2D eigenvalue weighted by Crippen LogP contribution is -2.34. The van der Waals surface area contributed by atoms with E-state index in [0.29, 0.717) is 60.9 Å². The molecule has 0 saturated carbocycles. The molecule has 8 heterocycles. The zero-order chi connectivity index (χ0) is 39.7. The molecule has 2 aliphatic rings. The number of rotatable bonds is 10. The van der Waals surface area contributed by atoms with Crippen molar-refractivity contribution < 1.29 is 13.5 Å². The van der Waals surface area contributed by atoms with Gasteiger partial charge in [0.15, 0.2) is 34.9 Å². The largest absolute Gasteiger partial charge is 0.383 e. The average molecular weight is 781 g/mol. The second-order valence-electron chi connectivity index (χ2n) is 13.3. The fourth-order valence-corrected chi connectivity index (χ4v) is 6.78. The van der Waals surface area contributed by atoms with Crippen molar-refractivity contribution in [1.82, 2.24) is 49.8 Å². The Morgan fingerprint density at radius 2 is 1.24 bits per heavy atom. The predicted octanol–water partition coefficient (Wildman–Crippen LogP) is 6.60. The molecular formula is C41H38F2N14O. The molecule has 2 N–H and O–H groups in total. The maximum Gasteiger partial charge on any atom is 0.208 e. The van der Waals surface area contributed by atoms with Crippen LogP contribution in [-0.2, 0) is 17.7 Å². The number of methoxy groups -OCH3 is 1. The highest BCUT2D eigenvalue weighted by Crippen LogP contribution is 2.33. The lowest BCUT2D eigenvalue weighted by molar-refractivity contribution is 0.180. The Bertz CT molecular complexity index is 2440. The van der Waals surface area contributed by atoms with Crippen LogP contribution in [0.25, 0.3) is 23.0 Å². The van der Waals surface area contributed by atoms with Gasteiger partial charge in [-0.3, -0.25) is 19.9 Å². The molecule has 1 aromatic carbocycles. The third-order valence-electron chi connectivity index (χ3n) is 9.51. The van der Waals surface area contributed by atoms with Gasteiger partial charge in [-0.1, -0.05) is 36.4 Å². The molecule has 0 spiro atoms. The SMILES string of the molecule is COCC1CCCN1c1nc(-c2ccccn2)nc(Nc2cnccn2)c1F.Fc1c(Nc2cnccn2)nc(-c2ccccn2)nc1N1CCc2ccccc2C1. The molecule has 58 heavy (non-hydrogen) atoms. The maximum absolute atomic E-state index is 15.5. The van der Waals surface area contributed by atoms with Crippen molar-refractivity contribution >= 4 is 34.9 Å². The third kappa shape index (κ3) is 8.63. The van der Waals surface area contributed by atoms with Gasteiger partial charge in [0.05, 0.1) is 25.0 Å². The molecular weight excluding hydrogens is 743 g/mol. The summed E-state index contributed by atoms with van der Waals surface area (Å²) in [7, 11) is 1.65. The molecule has 15 nitrogen and oxygen atoms in total. The first-order chi connectivity index (χ1) is 28.5. The average Bonchev–Trinajstić information content (AvgIpc) is 3.74. The standard InChI is InChI=1S/C22H18FN7.C19H20FN7O/c23-19-21(27-18-13-24-10-11-26-18)28-20(17-7-3-4-9-25-17)29-22(19)30-12-8-15-5-1-2-6-16(15)14-30;1-28-12-13-5-4-10-27(13)19-16(20)18(24-15-11-21-8-9-23-15)25-17(26-19)14-6-2-3-7-22-14/h1-7,9-11,13H,8,12,14H2,(H,26,27,28,29);2-3,6-9,11,13H,4-5,10,12H2,1H3,(H,23,24,25,26). The number of nitrogens with one attached hydrogen (secondary N) is 2. The normalized spacial score (nSPS) is 14.6. The summed E-state index contributed by atoms with van der Waals surface area (Å²) >= 11 is 0. The third-order valence-corrected chi connectivity index (χ3v) is 9.51. The molecule has 1 atom stereocenters. The quantitative estimate of drug-likeness (QED) is 0.152. The van der Waals surface area contributed by atoms with E-state index >= 15 is 8.78 Å². The molecule has 9 rings (SSSR count). The summed E-state index contributed by atoms with van der Waals surface area (Å²) in [6.07, 6.45) is 15.2. The number of nitrogens with zero attached hydrogens (tertiary/aromatic N) is 12. The minimum atomic E-state index is -0.534. The van der Waals surface area contributed by atoms with Gasteiger partial charge in [-0.05, 0) is 54.7 Å². The molecule has 1 saturated heterocycles. The molecule has 1 fully saturated rings. The fourth-order valence-electron chi connectivity index (χ4n) is 6.78. The number of hydrogen-bond donors (Lipinski definition) is 2. The summed E-state index contributed by atoms with van der Waals surface area (Å²) in [6.45, 7) is 2.46. The van der Waals surface area contributed by atoms with Gasteiger partial charge in [0.1, 0.15) is 23.0 Å². The van der Waals surface area contributed by atoms with Gasteiger partial charge >= 0.3 is 0 Å². The van der Waals surface area contributed by atoms with Gasteiger partial charge in [0.25, 0.3) is 0 Å². The van der Waals surface area contributed by atoms with Crippen LogP contribution in [0, 0.1) is 11.6 Å². The van der Waals surface area contributed by atoms with Crippen LogP contribution in [0.2, 0.25) is 0 Å². The molecule has 17 heteroatoms. The summed E-state index contributed by atoms with van der Waals surface area (Å²) in [5, 5.41) is 5.83. The molecule has 0 amide bonds. The molecule has 7 aromatic rings. The number of hydrogen-bond acceptors (Lipinski definition) is 15. The van der Waals surface area contributed by atoms with Gasteiger partial charge in [-0.2, -0.15) is 8.78 Å². The van der Waals surface area contributed by atoms with Crippen molar-refractivity contribution in [2.24, 2.45) is 0 Å². The molecule has 0 aliphatic carbocycles. The molecule has 0 radical (unpaired) electrons. The number of halogens is 2. The summed E-state index contributed by atoms with van der Waals surface area (Å²) in [5.41, 5.74) is 3.59. The van der Waals surface area contributed by atoms with Gasteiger partial charge in [0.2, 0.25) is 11.6 Å². The van der Waals surface area contributed by atoms with Crippen LogP contribution in [-0.4, -0.2) is 82.7 Å². The van der Waals surface area contributed by atoms with Crippen molar-refractivity contribution in [2.75, 3.05) is 47.2 Å². The molecule has 6 aromatic heterocycles. The van der Waals surface area contributed by atoms with E-state index in [9.17, 15) is 0 Å². The number of fused-ring (bicyclic) bond motifs is 1. The highest BCUT2D eigenvalue weighted by Gasteiger charge is 2.31. The van der Waals surface area contributed by atoms with E-state index in [0.717, 1.165) is 19.3 Å². The molecule has 292 valence electrons. The Balaban J connectivity index is 0.000000162. The Kier molecular flexibility index (Phi) is 11.6. The lowest BCUT2D eigenvalue weighted by atomic mass is 10.00. The summed E-state index contributed by atoms with van der Waals surface area (Å²) in [6, 6.07) is 19.2. The van der Waals surface area contributed by atoms with Crippen LogP contribution >= 0.6 is 0 Å². The summed E-state index contributed by atoms with van der Waals surface area (Å²) in [5.74, 6) is 0.976. The van der Waals surface area contributed by atoms with Crippen molar-refractivity contribution in [1.29, 1.82) is 0 Å². The van der Waals surface area contributed by atoms with Crippen LogP contribution in [0.1, 0.15) is 24.0 Å². The van der Waals surface area contributed by atoms with Crippen LogP contribution in [0.5, 0.6) is 0 Å². The Morgan fingerprint density at radius 3 is 1.81 bits per heavy atom. The van der Waals surface area contributed by atoms with E-state index in [1.807, 2.05) is 46.2 Å². The number of ether oxygens (including phenoxy) is 1. The fraction of sp³-hybridized carbons (Fsp3) is 0.220. The maximum atomic E-state index is 15.5. The first kappa shape index (κ1) is 37.8. The first-order valence-corrected chi connectivity index (χ1v) is 18.7. The van der Waals surface area contributed by atoms with E-state index in [1.165, 1.54) is 35.9 Å². The smallest absolute Gasteiger partial charge is 0.208 e. The minimum Gasteiger partial charge on any atom is -0.383 e. The van der Waals surface area contributed by atoms with Gasteiger partial charge in [0, 0.05) is 63.9 Å². The first-order valence-electron chi connectivity index (χ1n) is 18.7. The van der Waals surface area contributed by atoms with E-state index in [-0.39, 0.29) is 29.3 Å². The molecule has 1 unspecified atom stereocenters. The van der Waals surface area contributed by atoms with Crippen LogP contribution in [0.3, 0.4) is 0 Å². The van der Waals surface area contributed by atoms with Crippen molar-refractivity contribution in [3.63, 3.8) is 0 Å². The monoisotopic (exact) mass is 780 g/mol. The number of anilines is 6. The van der Waals surface area contributed by atoms with Crippen molar-refractivity contribution in [2.45, 2.75) is 31.8 Å².